The van der Waals surface area contributed by atoms with E-state index in [9.17, 15) is 23.9 Å². The van der Waals surface area contributed by atoms with Crippen LogP contribution in [0, 0.1) is 5.82 Å². The topological polar surface area (TPSA) is 222 Å². The Morgan fingerprint density at radius 2 is 1.21 bits per heavy atom. The van der Waals surface area contributed by atoms with Gasteiger partial charge in [-0.05, 0) is 189 Å². The number of phenols is 1. The number of thiocarbonyl (C=S) groups is 1. The molecule has 1 aliphatic carbocycles. The summed E-state index contributed by atoms with van der Waals surface area (Å²) in [6.45, 7) is 4.54. The first kappa shape index (κ1) is 67.4. The second-order valence-corrected chi connectivity index (χ2v) is 22.0. The number of benzene rings is 5. The Kier molecular flexibility index (Phi) is 25.9. The quantitative estimate of drug-likeness (QED) is 0.0148. The van der Waals surface area contributed by atoms with E-state index in [-0.39, 0.29) is 53.6 Å². The molecule has 4 aromatic carbocycles. The van der Waals surface area contributed by atoms with Gasteiger partial charge in [-0.1, -0.05) is 42.5 Å². The van der Waals surface area contributed by atoms with Crippen molar-refractivity contribution < 1.29 is 57.3 Å². The van der Waals surface area contributed by atoms with Crippen molar-refractivity contribution in [1.29, 1.82) is 0 Å². The van der Waals surface area contributed by atoms with Crippen molar-refractivity contribution in [2.24, 2.45) is 0 Å². The van der Waals surface area contributed by atoms with E-state index in [2.05, 4.69) is 63.9 Å². The maximum atomic E-state index is 14.2. The minimum atomic E-state index is -0.604. The number of Topliss-reactive ketones (excluding diaryl/α,β-unsaturated/α-hetero) is 1. The Labute approximate surface area is 545 Å². The molecule has 4 aromatic heterocycles. The minimum Gasteiger partial charge on any atom is -0.508 e. The first-order valence-corrected chi connectivity index (χ1v) is 30.1. The van der Waals surface area contributed by atoms with E-state index in [1.807, 2.05) is 122 Å². The number of nitrogens with zero attached hydrogens (tertiary/aromatic N) is 6. The zero-order chi connectivity index (χ0) is 62.9. The van der Waals surface area contributed by atoms with Crippen LogP contribution in [0.5, 0.6) is 11.5 Å². The van der Waals surface area contributed by atoms with Crippen LogP contribution in [0.4, 0.5) is 10.1 Å². The molecule has 17 nitrogen and oxygen atoms in total. The fourth-order valence-electron chi connectivity index (χ4n) is 10.6. The van der Waals surface area contributed by atoms with Crippen LogP contribution in [-0.2, 0) is 73.1 Å². The molecule has 0 radical (unpaired) electrons. The number of phenolic OH excluding ortho intramolecular Hbond substituents is 1. The van der Waals surface area contributed by atoms with E-state index in [1.165, 1.54) is 42.5 Å². The number of carbonyl (C=O) groups is 2. The Balaban J connectivity index is 0.00000262. The number of pyridine rings is 4. The van der Waals surface area contributed by atoms with Gasteiger partial charge in [-0.2, -0.15) is 9.59 Å². The molecule has 1 amide bonds. The van der Waals surface area contributed by atoms with Crippen molar-refractivity contribution in [3.05, 3.63) is 256 Å². The summed E-state index contributed by atoms with van der Waals surface area (Å²) in [5.41, 5.74) is 9.75. The van der Waals surface area contributed by atoms with Gasteiger partial charge in [0.15, 0.2) is 16.3 Å². The van der Waals surface area contributed by atoms with Crippen molar-refractivity contribution in [3.8, 4) is 33.9 Å². The number of rotatable bonds is 29. The molecule has 10 rings (SSSR count). The summed E-state index contributed by atoms with van der Waals surface area (Å²) in [5.74, 6) is 0.512. The Hall–Kier alpha value is -9.55. The van der Waals surface area contributed by atoms with Crippen LogP contribution in [0.2, 0.25) is 0 Å². The summed E-state index contributed by atoms with van der Waals surface area (Å²) < 4.78 is 26.2. The van der Waals surface area contributed by atoms with Crippen molar-refractivity contribution in [3.63, 3.8) is 0 Å². The van der Waals surface area contributed by atoms with Gasteiger partial charge in [0.1, 0.15) is 28.7 Å². The molecule has 20 heteroatoms. The zero-order valence-corrected chi connectivity index (χ0v) is 54.0. The van der Waals surface area contributed by atoms with Crippen molar-refractivity contribution in [2.45, 2.75) is 90.3 Å². The summed E-state index contributed by atoms with van der Waals surface area (Å²) in [7, 11) is 0. The Morgan fingerprint density at radius 1 is 0.637 bits per heavy atom. The molecule has 0 bridgehead atoms. The zero-order valence-electron chi connectivity index (χ0n) is 50.2. The first-order chi connectivity index (χ1) is 43.9. The van der Waals surface area contributed by atoms with Crippen LogP contribution >= 0.6 is 12.2 Å². The number of hydrogen-bond acceptors (Lipinski definition) is 15. The van der Waals surface area contributed by atoms with E-state index in [4.69, 9.17) is 31.0 Å². The largest absolute Gasteiger partial charge is 2.00 e. The molecule has 458 valence electrons. The number of aromatic nitrogens is 4. The second kappa shape index (κ2) is 35.0. The molecule has 4 N–H and O–H groups in total. The van der Waals surface area contributed by atoms with Gasteiger partial charge in [0.25, 0.3) is 5.91 Å². The van der Waals surface area contributed by atoms with Crippen molar-refractivity contribution >= 4 is 51.8 Å². The minimum absolute atomic E-state index is 0. The average Bonchev–Trinajstić information content (AvgIpc) is 0.814. The van der Waals surface area contributed by atoms with E-state index >= 15 is 0 Å². The number of ether oxygens (including phenoxy) is 1. The van der Waals surface area contributed by atoms with Gasteiger partial charge in [0, 0.05) is 117 Å². The SMILES string of the molecule is O=C(NCCCCC(NC(=S)Nc1ccc(-c2c3ccc(=O)cc-3oc3cc(O)ccc23)cc1)C(=O)CCCCCOc1cc(CN(Cc2ccccn2)Cc2ccccn2)cc(CN(Cc2ccccn2)Cc2ccccn2)c1)c1ccc([18F])cc1.O=C=O.[Zn+2]. The molecule has 0 saturated carbocycles. The number of anilines is 1. The van der Waals surface area contributed by atoms with Gasteiger partial charge in [-0.15, -0.1) is 0 Å². The monoisotopic (exact) mass is 1290 g/mol. The maximum Gasteiger partial charge on any atom is 2.00 e. The van der Waals surface area contributed by atoms with Gasteiger partial charge in [-0.25, -0.2) is 4.39 Å². The predicted molar refractivity (Wildman–Crippen MR) is 345 cm³/mol. The summed E-state index contributed by atoms with van der Waals surface area (Å²) in [6.07, 6.45) is 11.6. The summed E-state index contributed by atoms with van der Waals surface area (Å²) in [5, 5.41) is 20.8. The second-order valence-electron chi connectivity index (χ2n) is 21.6. The van der Waals surface area contributed by atoms with E-state index in [1.54, 1.807) is 18.2 Å². The Morgan fingerprint density at radius 3 is 1.76 bits per heavy atom. The van der Waals surface area contributed by atoms with Gasteiger partial charge in [0.2, 0.25) is 0 Å². The molecule has 1 aliphatic heterocycles. The summed E-state index contributed by atoms with van der Waals surface area (Å²) in [6, 6.07) is 52.4. The number of unbranched alkanes of at least 4 members (excludes halogenated alkanes) is 3. The molecule has 8 aromatic rings. The van der Waals surface area contributed by atoms with Crippen molar-refractivity contribution in [1.82, 2.24) is 40.4 Å². The smallest absolute Gasteiger partial charge is 0.508 e. The third kappa shape index (κ3) is 21.0. The number of carbonyl (C=O) groups excluding carboxylic acids is 4. The molecular weight excluding hydrogens is 1220 g/mol. The number of nitrogens with one attached hydrogen (secondary N) is 3. The van der Waals surface area contributed by atoms with E-state index in [0.717, 1.165) is 74.6 Å². The normalized spacial score (nSPS) is 11.2. The Bertz CT molecular complexity index is 3810. The van der Waals surface area contributed by atoms with Gasteiger partial charge in [0.05, 0.1) is 35.4 Å². The number of fused-ring (bicyclic) bond motifs is 2. The van der Waals surface area contributed by atoms with Crippen LogP contribution < -0.4 is 26.1 Å². The van der Waals surface area contributed by atoms with E-state index < -0.39 is 11.9 Å². The average molecular weight is 1290 g/mol. The standard InChI is InChI=1S/C70H68FN9O6S.CO2.Zn/c71-53-24-20-52(21-25-53)69(84)76-36-12-7-18-64(78-70(87)77-54-26-22-51(23-27-54)68-62-30-28-59(81)41-66(62)86-67-42-60(82)29-31-63(67)68)65(83)19-2-1-13-37-85-61-39-49(43-79(45-55-14-3-8-32-72-55)46-56-15-4-9-33-73-56)38-50(40-61)44-80(47-57-16-5-10-34-74-57)48-58-17-6-11-35-75-58;2-1-3;/h3-6,8-11,14-17,20-35,38-42,64,81H,1-2,7,12-13,18-19,36-37,43-48H2,(H,76,84)(H2,77,78,87);;/q;;+2/i71-1;;. The van der Waals surface area contributed by atoms with E-state index in [0.29, 0.717) is 107 Å². The predicted octanol–water partition coefficient (Wildman–Crippen LogP) is 12.3. The van der Waals surface area contributed by atoms with Crippen LogP contribution in [0.1, 0.15) is 89.2 Å². The summed E-state index contributed by atoms with van der Waals surface area (Å²) >= 11 is 5.85. The van der Waals surface area contributed by atoms with Crippen LogP contribution in [0.15, 0.2) is 210 Å². The van der Waals surface area contributed by atoms with Crippen molar-refractivity contribution in [2.75, 3.05) is 18.5 Å². The van der Waals surface area contributed by atoms with Crippen LogP contribution in [0.3, 0.4) is 0 Å². The molecule has 1 atom stereocenters. The number of ketones is 1. The molecule has 0 spiro atoms. The fraction of sp³-hybridized carbons (Fsp3) is 0.225. The van der Waals surface area contributed by atoms with Crippen LogP contribution in [0.25, 0.3) is 33.4 Å². The first-order valence-electron chi connectivity index (χ1n) is 29.7. The van der Waals surface area contributed by atoms with Crippen LogP contribution in [-0.4, -0.2) is 77.0 Å². The third-order valence-electron chi connectivity index (χ3n) is 14.7. The molecule has 5 heterocycles. The number of hydrogen-bond donors (Lipinski definition) is 4. The van der Waals surface area contributed by atoms with Gasteiger partial charge >= 0.3 is 25.6 Å². The molecule has 1 unspecified atom stereocenters. The molecule has 91 heavy (non-hydrogen) atoms. The molecule has 0 fully saturated rings. The van der Waals surface area contributed by atoms with Gasteiger partial charge in [-0.3, -0.25) is 44.1 Å². The maximum absolute atomic E-state index is 14.2. The number of halogens is 1. The fourth-order valence-corrected chi connectivity index (χ4v) is 10.8. The summed E-state index contributed by atoms with van der Waals surface area (Å²) in [4.78, 5) is 78.8. The molecular formula is C71H68FN9O8SZn+2. The number of amides is 1. The third-order valence-corrected chi connectivity index (χ3v) is 15.0. The molecule has 2 aliphatic rings. The molecule has 0 saturated heterocycles. The van der Waals surface area contributed by atoms with Gasteiger partial charge < -0.3 is 30.2 Å². The number of aromatic hydroxyl groups is 1.